The third kappa shape index (κ3) is 4.81. The highest BCUT2D eigenvalue weighted by Crippen LogP contribution is 2.46. The van der Waals surface area contributed by atoms with E-state index < -0.39 is 53.9 Å². The molecule has 0 aromatic heterocycles. The Morgan fingerprint density at radius 3 is 2.37 bits per heavy atom. The topological polar surface area (TPSA) is 139 Å². The van der Waals surface area contributed by atoms with Crippen molar-refractivity contribution < 1.29 is 47.0 Å². The van der Waals surface area contributed by atoms with Gasteiger partial charge < -0.3 is 15.6 Å². The Bertz CT molecular complexity index is 1190. The van der Waals surface area contributed by atoms with Gasteiger partial charge in [-0.3, -0.25) is 19.2 Å². The number of imide groups is 1. The highest BCUT2D eigenvalue weighted by molar-refractivity contribution is 6.23. The van der Waals surface area contributed by atoms with E-state index in [-0.39, 0.29) is 24.2 Å². The molecule has 35 heavy (non-hydrogen) atoms. The van der Waals surface area contributed by atoms with Crippen LogP contribution in [0.4, 0.5) is 18.9 Å². The second kappa shape index (κ2) is 9.00. The Balaban J connectivity index is 1.68. The number of ether oxygens (including phenoxy) is 1. The van der Waals surface area contributed by atoms with Gasteiger partial charge in [-0.05, 0) is 35.9 Å². The molecule has 4 rings (SSSR count). The van der Waals surface area contributed by atoms with Gasteiger partial charge in [0, 0.05) is 13.0 Å². The van der Waals surface area contributed by atoms with E-state index in [9.17, 15) is 37.5 Å². The molecule has 184 valence electrons. The van der Waals surface area contributed by atoms with Gasteiger partial charge in [-0.25, -0.2) is 9.69 Å². The monoisotopic (exact) mass is 493 g/mol. The third-order valence-electron chi connectivity index (χ3n) is 5.58. The van der Waals surface area contributed by atoms with Gasteiger partial charge in [0.2, 0.25) is 11.8 Å². The van der Waals surface area contributed by atoms with Crippen LogP contribution in [0.2, 0.25) is 0 Å². The number of alkyl halides is 3. The number of carboxylic acid groups (broad SMARTS) is 1. The number of nitrogens with two attached hydrogens (primary N) is 1. The quantitative estimate of drug-likeness (QED) is 0.559. The number of carboxylic acids is 1. The van der Waals surface area contributed by atoms with Gasteiger partial charge in [-0.15, -0.1) is 13.2 Å². The number of amides is 3. The summed E-state index contributed by atoms with van der Waals surface area (Å²) >= 11 is 0. The Hall–Kier alpha value is -3.97. The van der Waals surface area contributed by atoms with Crippen LogP contribution in [0.1, 0.15) is 28.4 Å². The summed E-state index contributed by atoms with van der Waals surface area (Å²) in [5, 5.41) is 10.5. The number of carbonyl (C=O) groups excluding carboxylic acids is 3. The van der Waals surface area contributed by atoms with E-state index >= 15 is 0 Å². The summed E-state index contributed by atoms with van der Waals surface area (Å²) < 4.78 is 41.4. The number of hydroxylamine groups is 2. The molecule has 3 N–H and O–H groups in total. The number of rotatable bonds is 7. The minimum Gasteiger partial charge on any atom is -0.478 e. The molecule has 0 spiro atoms. The molecular weight excluding hydrogens is 475 g/mol. The molecule has 2 aromatic rings. The Kier molecular flexibility index (Phi) is 6.21. The maximum absolute atomic E-state index is 13.4. The van der Waals surface area contributed by atoms with Crippen molar-refractivity contribution in [3.63, 3.8) is 0 Å². The molecule has 13 heteroatoms. The summed E-state index contributed by atoms with van der Waals surface area (Å²) in [4.78, 5) is 55.7. The van der Waals surface area contributed by atoms with Crippen LogP contribution in [0.3, 0.4) is 0 Å². The molecule has 0 aliphatic carbocycles. The fourth-order valence-electron chi connectivity index (χ4n) is 4.15. The molecule has 2 saturated heterocycles. The van der Waals surface area contributed by atoms with Crippen LogP contribution in [-0.2, 0) is 19.2 Å². The van der Waals surface area contributed by atoms with Crippen LogP contribution in [0, 0.1) is 5.92 Å². The largest absolute Gasteiger partial charge is 0.573 e. The lowest BCUT2D eigenvalue weighted by Gasteiger charge is -2.27. The van der Waals surface area contributed by atoms with Crippen molar-refractivity contribution in [3.05, 3.63) is 59.7 Å². The molecule has 3 unspecified atom stereocenters. The van der Waals surface area contributed by atoms with Crippen LogP contribution in [-0.4, -0.2) is 52.9 Å². The molecule has 2 fully saturated rings. The minimum atomic E-state index is -4.89. The Morgan fingerprint density at radius 2 is 1.77 bits per heavy atom. The zero-order valence-electron chi connectivity index (χ0n) is 17.8. The molecule has 0 bridgehead atoms. The van der Waals surface area contributed by atoms with Crippen molar-refractivity contribution in [2.45, 2.75) is 24.9 Å². The van der Waals surface area contributed by atoms with Crippen molar-refractivity contribution in [2.75, 3.05) is 11.4 Å². The number of anilines is 1. The maximum Gasteiger partial charge on any atom is 0.573 e. The Labute approximate surface area is 195 Å². The average molecular weight is 493 g/mol. The zero-order valence-corrected chi connectivity index (χ0v) is 17.8. The first kappa shape index (κ1) is 24.2. The number of hydrogen-bond donors (Lipinski definition) is 2. The van der Waals surface area contributed by atoms with Crippen molar-refractivity contribution in [3.8, 4) is 5.75 Å². The van der Waals surface area contributed by atoms with Gasteiger partial charge in [-0.1, -0.05) is 18.2 Å². The third-order valence-corrected chi connectivity index (χ3v) is 5.58. The highest BCUT2D eigenvalue weighted by atomic mass is 19.4. The van der Waals surface area contributed by atoms with Crippen LogP contribution < -0.4 is 15.4 Å². The van der Waals surface area contributed by atoms with Gasteiger partial charge in [0.1, 0.15) is 5.75 Å². The van der Waals surface area contributed by atoms with Gasteiger partial charge >= 0.3 is 12.3 Å². The van der Waals surface area contributed by atoms with E-state index in [1.54, 1.807) is 0 Å². The van der Waals surface area contributed by atoms with E-state index in [0.717, 1.165) is 17.0 Å². The molecule has 3 atom stereocenters. The first-order valence-corrected chi connectivity index (χ1v) is 10.2. The first-order valence-electron chi connectivity index (χ1n) is 10.2. The fraction of sp³-hybridized carbons (Fsp3) is 0.273. The van der Waals surface area contributed by atoms with E-state index in [0.29, 0.717) is 5.56 Å². The second-order valence-corrected chi connectivity index (χ2v) is 7.84. The number of halogens is 3. The molecule has 3 amide bonds. The van der Waals surface area contributed by atoms with Gasteiger partial charge in [-0.2, -0.15) is 5.06 Å². The van der Waals surface area contributed by atoms with Crippen LogP contribution in [0.5, 0.6) is 5.75 Å². The van der Waals surface area contributed by atoms with E-state index in [1.165, 1.54) is 41.5 Å². The van der Waals surface area contributed by atoms with E-state index in [2.05, 4.69) is 4.74 Å². The minimum absolute atomic E-state index is 0.0364. The molecule has 10 nitrogen and oxygen atoms in total. The van der Waals surface area contributed by atoms with Gasteiger partial charge in [0.05, 0.1) is 23.2 Å². The van der Waals surface area contributed by atoms with Crippen LogP contribution in [0.15, 0.2) is 48.5 Å². The predicted molar refractivity (Wildman–Crippen MR) is 111 cm³/mol. The molecular formula is C22H18F3N3O7. The lowest BCUT2D eigenvalue weighted by molar-refractivity contribution is -0.274. The van der Waals surface area contributed by atoms with Crippen molar-refractivity contribution >= 4 is 29.4 Å². The van der Waals surface area contributed by atoms with Gasteiger partial charge in [0.15, 0.2) is 6.10 Å². The first-order chi connectivity index (χ1) is 16.5. The lowest BCUT2D eigenvalue weighted by Crippen LogP contribution is -2.38. The number of aromatic carboxylic acids is 1. The molecule has 0 saturated carbocycles. The lowest BCUT2D eigenvalue weighted by atomic mass is 9.90. The summed E-state index contributed by atoms with van der Waals surface area (Å²) in [5.41, 5.74) is 5.44. The predicted octanol–water partition coefficient (Wildman–Crippen LogP) is 2.01. The SMILES string of the molecule is NC(=O)CCN1OC2C(=O)N(c3cccc(C(=O)O)c3)C(=O)C2C1c1ccc(OC(F)(F)F)cc1. The summed E-state index contributed by atoms with van der Waals surface area (Å²) in [5.74, 6) is -4.95. The summed E-state index contributed by atoms with van der Waals surface area (Å²) in [7, 11) is 0. The normalized spacial score (nSPS) is 22.4. The Morgan fingerprint density at radius 1 is 1.09 bits per heavy atom. The second-order valence-electron chi connectivity index (χ2n) is 7.84. The number of fused-ring (bicyclic) bond motifs is 1. The maximum atomic E-state index is 13.4. The van der Waals surface area contributed by atoms with Crippen molar-refractivity contribution in [2.24, 2.45) is 11.7 Å². The number of hydrogen-bond acceptors (Lipinski definition) is 7. The summed E-state index contributed by atoms with van der Waals surface area (Å²) in [6.45, 7) is -0.0805. The summed E-state index contributed by atoms with van der Waals surface area (Å²) in [6, 6.07) is 8.99. The standard InChI is InChI=1S/C22H18F3N3O7/c23-22(24,25)34-14-6-4-11(5-7-14)17-16-18(35-27(17)9-8-15(26)29)20(31)28(19(16)30)13-3-1-2-12(10-13)21(32)33/h1-7,10,16-18H,8-9H2,(H2,26,29)(H,32,33). The molecule has 2 aromatic carbocycles. The number of benzene rings is 2. The molecule has 2 aliphatic heterocycles. The van der Waals surface area contributed by atoms with Crippen LogP contribution in [0.25, 0.3) is 0 Å². The van der Waals surface area contributed by atoms with Crippen LogP contribution >= 0.6 is 0 Å². The van der Waals surface area contributed by atoms with Crippen molar-refractivity contribution in [1.82, 2.24) is 5.06 Å². The van der Waals surface area contributed by atoms with E-state index in [4.69, 9.17) is 10.6 Å². The average Bonchev–Trinajstić information content (AvgIpc) is 3.27. The molecule has 2 heterocycles. The summed E-state index contributed by atoms with van der Waals surface area (Å²) in [6.07, 6.45) is -6.35. The fourth-order valence-corrected chi connectivity index (χ4v) is 4.15. The number of nitrogens with zero attached hydrogens (tertiary/aromatic N) is 2. The van der Waals surface area contributed by atoms with Gasteiger partial charge in [0.25, 0.3) is 5.91 Å². The van der Waals surface area contributed by atoms with E-state index in [1.807, 2.05) is 0 Å². The smallest absolute Gasteiger partial charge is 0.478 e. The van der Waals surface area contributed by atoms with Crippen molar-refractivity contribution in [1.29, 1.82) is 0 Å². The molecule has 0 radical (unpaired) electrons. The molecule has 2 aliphatic rings. The number of carbonyl (C=O) groups is 4. The highest BCUT2D eigenvalue weighted by Gasteiger charge is 2.60. The zero-order chi connectivity index (χ0) is 25.5. The number of primary amides is 1.